The minimum Gasteiger partial charge on any atom is -0.278 e. The molecular weight excluding hydrogens is 294 g/mol. The molecule has 3 aromatic rings. The minimum atomic E-state index is 0.540. The van der Waals surface area contributed by atoms with Crippen LogP contribution in [-0.2, 0) is 6.42 Å². The normalized spacial score (nSPS) is 16.8. The number of fused-ring (bicyclic) bond motifs is 5. The molecule has 1 aromatic heterocycles. The van der Waals surface area contributed by atoms with Gasteiger partial charge in [0, 0.05) is 17.9 Å². The fourth-order valence-corrected chi connectivity index (χ4v) is 4.31. The van der Waals surface area contributed by atoms with E-state index in [1.54, 1.807) is 0 Å². The van der Waals surface area contributed by atoms with E-state index in [9.17, 15) is 0 Å². The molecule has 2 aliphatic rings. The summed E-state index contributed by atoms with van der Waals surface area (Å²) in [6.45, 7) is 0. The maximum absolute atomic E-state index is 4.67. The Bertz CT molecular complexity index is 888. The van der Waals surface area contributed by atoms with E-state index in [1.807, 2.05) is 0 Å². The highest BCUT2D eigenvalue weighted by Crippen LogP contribution is 2.38. The van der Waals surface area contributed by atoms with Crippen molar-refractivity contribution >= 4 is 0 Å². The summed E-state index contributed by atoms with van der Waals surface area (Å²) in [5.74, 6) is 2.71. The number of nitrogens with zero attached hydrogens (tertiary/aromatic N) is 3. The van der Waals surface area contributed by atoms with E-state index >= 15 is 0 Å². The lowest BCUT2D eigenvalue weighted by atomic mass is 9.88. The van der Waals surface area contributed by atoms with E-state index in [0.29, 0.717) is 5.92 Å². The molecule has 1 aliphatic heterocycles. The molecule has 3 heteroatoms. The summed E-state index contributed by atoms with van der Waals surface area (Å²) in [4.78, 5) is 0. The van der Waals surface area contributed by atoms with Gasteiger partial charge in [-0.3, -0.25) is 4.57 Å². The molecule has 1 aliphatic carbocycles. The number of benzene rings is 2. The molecule has 2 heterocycles. The SMILES string of the molecule is c1ccc2c(c1)Cc1ccccc1-n1c-2nnc1C1CCCCC1. The molecule has 1 fully saturated rings. The average Bonchev–Trinajstić information content (AvgIpc) is 3.02. The van der Waals surface area contributed by atoms with Crippen LogP contribution in [0.3, 0.4) is 0 Å². The van der Waals surface area contributed by atoms with Crippen molar-refractivity contribution in [1.82, 2.24) is 14.8 Å². The molecule has 5 rings (SSSR count). The summed E-state index contributed by atoms with van der Waals surface area (Å²) in [6.07, 6.45) is 7.41. The zero-order chi connectivity index (χ0) is 15.9. The Labute approximate surface area is 142 Å². The van der Waals surface area contributed by atoms with Crippen molar-refractivity contribution in [2.75, 3.05) is 0 Å². The van der Waals surface area contributed by atoms with Crippen LogP contribution in [0.15, 0.2) is 48.5 Å². The predicted octanol–water partition coefficient (Wildman–Crippen LogP) is 4.89. The van der Waals surface area contributed by atoms with Gasteiger partial charge in [-0.25, -0.2) is 0 Å². The molecule has 1 saturated carbocycles. The first-order chi connectivity index (χ1) is 11.9. The fraction of sp³-hybridized carbons (Fsp3) is 0.333. The second-order valence-corrected chi connectivity index (χ2v) is 7.01. The Morgan fingerprint density at radius 1 is 0.792 bits per heavy atom. The number of aromatic nitrogens is 3. The lowest BCUT2D eigenvalue weighted by Crippen LogP contribution is -2.12. The van der Waals surface area contributed by atoms with Crippen LogP contribution < -0.4 is 0 Å². The lowest BCUT2D eigenvalue weighted by molar-refractivity contribution is 0.424. The topological polar surface area (TPSA) is 30.7 Å². The van der Waals surface area contributed by atoms with Gasteiger partial charge in [0.15, 0.2) is 5.82 Å². The summed E-state index contributed by atoms with van der Waals surface area (Å²) < 4.78 is 2.34. The van der Waals surface area contributed by atoms with Crippen LogP contribution >= 0.6 is 0 Å². The van der Waals surface area contributed by atoms with Crippen molar-refractivity contribution in [3.05, 3.63) is 65.5 Å². The number of rotatable bonds is 1. The standard InChI is InChI=1S/C21H21N3/c1-2-8-15(9-3-1)20-22-23-21-18-12-6-4-10-16(18)14-17-11-5-7-13-19(17)24(20)21/h4-7,10-13,15H,1-3,8-9,14H2. The zero-order valence-corrected chi connectivity index (χ0v) is 13.8. The first-order valence-corrected chi connectivity index (χ1v) is 9.04. The maximum Gasteiger partial charge on any atom is 0.168 e. The Hall–Kier alpha value is -2.42. The van der Waals surface area contributed by atoms with Crippen LogP contribution in [0.1, 0.15) is 55.0 Å². The van der Waals surface area contributed by atoms with E-state index in [1.165, 1.54) is 54.5 Å². The van der Waals surface area contributed by atoms with E-state index in [0.717, 1.165) is 18.1 Å². The van der Waals surface area contributed by atoms with Crippen LogP contribution in [0.25, 0.3) is 17.1 Å². The summed E-state index contributed by atoms with van der Waals surface area (Å²) in [7, 11) is 0. The van der Waals surface area contributed by atoms with Crippen LogP contribution in [0, 0.1) is 0 Å². The van der Waals surface area contributed by atoms with Crippen LogP contribution in [0.4, 0.5) is 0 Å². The quantitative estimate of drug-likeness (QED) is 0.501. The third-order valence-corrected chi connectivity index (χ3v) is 5.53. The van der Waals surface area contributed by atoms with E-state index < -0.39 is 0 Å². The average molecular weight is 315 g/mol. The highest BCUT2D eigenvalue weighted by atomic mass is 15.3. The smallest absolute Gasteiger partial charge is 0.168 e. The van der Waals surface area contributed by atoms with Crippen molar-refractivity contribution in [2.45, 2.75) is 44.4 Å². The van der Waals surface area contributed by atoms with Gasteiger partial charge in [0.2, 0.25) is 0 Å². The highest BCUT2D eigenvalue weighted by molar-refractivity contribution is 5.67. The second-order valence-electron chi connectivity index (χ2n) is 7.01. The monoisotopic (exact) mass is 315 g/mol. The molecule has 2 aromatic carbocycles. The van der Waals surface area contributed by atoms with Crippen molar-refractivity contribution in [3.8, 4) is 17.1 Å². The van der Waals surface area contributed by atoms with Gasteiger partial charge in [-0.15, -0.1) is 10.2 Å². The largest absolute Gasteiger partial charge is 0.278 e. The molecule has 0 spiro atoms. The van der Waals surface area contributed by atoms with E-state index in [2.05, 4.69) is 63.3 Å². The molecule has 0 saturated heterocycles. The van der Waals surface area contributed by atoms with Gasteiger partial charge in [-0.1, -0.05) is 61.7 Å². The molecular formula is C21H21N3. The van der Waals surface area contributed by atoms with Gasteiger partial charge in [0.1, 0.15) is 5.82 Å². The van der Waals surface area contributed by atoms with Crippen molar-refractivity contribution < 1.29 is 0 Å². The Kier molecular flexibility index (Phi) is 3.25. The van der Waals surface area contributed by atoms with Crippen LogP contribution in [-0.4, -0.2) is 14.8 Å². The predicted molar refractivity (Wildman–Crippen MR) is 95.4 cm³/mol. The molecule has 0 bridgehead atoms. The summed E-state index contributed by atoms with van der Waals surface area (Å²) in [5, 5.41) is 9.32. The van der Waals surface area contributed by atoms with E-state index in [-0.39, 0.29) is 0 Å². The molecule has 0 amide bonds. The van der Waals surface area contributed by atoms with Gasteiger partial charge in [-0.2, -0.15) is 0 Å². The first-order valence-electron chi connectivity index (χ1n) is 9.04. The molecule has 0 atom stereocenters. The molecule has 0 unspecified atom stereocenters. The summed E-state index contributed by atoms with van der Waals surface area (Å²) in [5.41, 5.74) is 5.18. The van der Waals surface area contributed by atoms with Gasteiger partial charge in [0.25, 0.3) is 0 Å². The van der Waals surface area contributed by atoms with Crippen LogP contribution in [0.5, 0.6) is 0 Å². The van der Waals surface area contributed by atoms with Crippen LogP contribution in [0.2, 0.25) is 0 Å². The molecule has 120 valence electrons. The minimum absolute atomic E-state index is 0.540. The number of para-hydroxylation sites is 1. The Balaban J connectivity index is 1.77. The first kappa shape index (κ1) is 14.0. The zero-order valence-electron chi connectivity index (χ0n) is 13.8. The van der Waals surface area contributed by atoms with Gasteiger partial charge < -0.3 is 0 Å². The number of hydrogen-bond acceptors (Lipinski definition) is 2. The van der Waals surface area contributed by atoms with Crippen molar-refractivity contribution in [1.29, 1.82) is 0 Å². The van der Waals surface area contributed by atoms with Crippen molar-refractivity contribution in [2.24, 2.45) is 0 Å². The van der Waals surface area contributed by atoms with Gasteiger partial charge >= 0.3 is 0 Å². The Morgan fingerprint density at radius 2 is 1.54 bits per heavy atom. The molecule has 3 nitrogen and oxygen atoms in total. The maximum atomic E-state index is 4.67. The van der Waals surface area contributed by atoms with Gasteiger partial charge in [-0.05, 0) is 30.0 Å². The molecule has 24 heavy (non-hydrogen) atoms. The van der Waals surface area contributed by atoms with E-state index in [4.69, 9.17) is 0 Å². The Morgan fingerprint density at radius 3 is 2.42 bits per heavy atom. The third-order valence-electron chi connectivity index (χ3n) is 5.53. The molecule has 0 radical (unpaired) electrons. The second kappa shape index (κ2) is 5.59. The van der Waals surface area contributed by atoms with Gasteiger partial charge in [0.05, 0.1) is 5.69 Å². The number of hydrogen-bond donors (Lipinski definition) is 0. The third kappa shape index (κ3) is 2.11. The fourth-order valence-electron chi connectivity index (χ4n) is 4.31. The summed E-state index contributed by atoms with van der Waals surface area (Å²) >= 11 is 0. The lowest BCUT2D eigenvalue weighted by Gasteiger charge is -2.22. The molecule has 0 N–H and O–H groups in total. The summed E-state index contributed by atoms with van der Waals surface area (Å²) in [6, 6.07) is 17.4. The van der Waals surface area contributed by atoms with Crippen molar-refractivity contribution in [3.63, 3.8) is 0 Å². The highest BCUT2D eigenvalue weighted by Gasteiger charge is 2.28.